The van der Waals surface area contributed by atoms with E-state index in [2.05, 4.69) is 22.2 Å². The molecule has 0 aliphatic carbocycles. The highest BCUT2D eigenvalue weighted by atomic mass is 32.1. The van der Waals surface area contributed by atoms with Gasteiger partial charge in [-0.05, 0) is 32.2 Å². The van der Waals surface area contributed by atoms with Gasteiger partial charge in [-0.15, -0.1) is 11.3 Å². The maximum absolute atomic E-state index is 11.0. The van der Waals surface area contributed by atoms with Gasteiger partial charge in [-0.25, -0.2) is 4.98 Å². The van der Waals surface area contributed by atoms with Gasteiger partial charge in [-0.3, -0.25) is 9.69 Å². The molecule has 5 heteroatoms. The molecule has 0 saturated carbocycles. The first kappa shape index (κ1) is 13.5. The fourth-order valence-electron chi connectivity index (χ4n) is 2.38. The van der Waals surface area contributed by atoms with Crippen LogP contribution in [0.2, 0.25) is 0 Å². The number of likely N-dealkylation sites (tertiary alicyclic amines) is 1. The van der Waals surface area contributed by atoms with Gasteiger partial charge in [0.1, 0.15) is 0 Å². The Kier molecular flexibility index (Phi) is 4.72. The van der Waals surface area contributed by atoms with Gasteiger partial charge < -0.3 is 5.11 Å². The fraction of sp³-hybridized carbons (Fsp3) is 0.692. The second-order valence-corrected chi connectivity index (χ2v) is 5.84. The first-order valence-electron chi connectivity index (χ1n) is 6.57. The van der Waals surface area contributed by atoms with Gasteiger partial charge in [0, 0.05) is 18.5 Å². The highest BCUT2D eigenvalue weighted by Gasteiger charge is 2.25. The van der Waals surface area contributed by atoms with E-state index in [0.717, 1.165) is 44.5 Å². The van der Waals surface area contributed by atoms with Crippen molar-refractivity contribution in [1.29, 1.82) is 0 Å². The molecule has 1 aromatic heterocycles. The molecule has 1 atom stereocenters. The monoisotopic (exact) mass is 268 g/mol. The van der Waals surface area contributed by atoms with E-state index in [4.69, 9.17) is 5.11 Å². The number of piperidine rings is 1. The Morgan fingerprint density at radius 1 is 1.67 bits per heavy atom. The van der Waals surface area contributed by atoms with Crippen LogP contribution in [0.4, 0.5) is 0 Å². The lowest BCUT2D eigenvalue weighted by molar-refractivity contribution is -0.143. The summed E-state index contributed by atoms with van der Waals surface area (Å²) in [4.78, 5) is 17.8. The van der Waals surface area contributed by atoms with Gasteiger partial charge in [0.05, 0.1) is 16.6 Å². The number of aliphatic carboxylic acids is 1. The van der Waals surface area contributed by atoms with E-state index in [1.165, 1.54) is 5.01 Å². The van der Waals surface area contributed by atoms with Crippen LogP contribution in [0.1, 0.15) is 36.9 Å². The minimum Gasteiger partial charge on any atom is -0.481 e. The highest BCUT2D eigenvalue weighted by Crippen LogP contribution is 2.20. The van der Waals surface area contributed by atoms with Gasteiger partial charge in [0.2, 0.25) is 0 Å². The van der Waals surface area contributed by atoms with E-state index in [1.54, 1.807) is 11.3 Å². The topological polar surface area (TPSA) is 53.4 Å². The van der Waals surface area contributed by atoms with Crippen molar-refractivity contribution in [3.05, 3.63) is 16.1 Å². The number of hydrogen-bond acceptors (Lipinski definition) is 4. The first-order valence-corrected chi connectivity index (χ1v) is 7.45. The van der Waals surface area contributed by atoms with Crippen LogP contribution in [0.5, 0.6) is 0 Å². The number of aromatic nitrogens is 1. The summed E-state index contributed by atoms with van der Waals surface area (Å²) >= 11 is 1.72. The molecule has 2 rings (SSSR count). The maximum Gasteiger partial charge on any atom is 0.307 e. The Balaban J connectivity index is 1.89. The number of aryl methyl sites for hydroxylation is 1. The zero-order valence-electron chi connectivity index (χ0n) is 10.8. The Morgan fingerprint density at radius 3 is 3.22 bits per heavy atom. The Morgan fingerprint density at radius 2 is 2.50 bits per heavy atom. The summed E-state index contributed by atoms with van der Waals surface area (Å²) in [6.07, 6.45) is 3.95. The van der Waals surface area contributed by atoms with E-state index < -0.39 is 5.97 Å². The standard InChI is InChI=1S/C13H20N2O2S/c1-2-4-12-14-11(9-18-12)8-15-6-3-5-10(7-15)13(16)17/h9-10H,2-8H2,1H3,(H,16,17)/t10-/m0/s1. The maximum atomic E-state index is 11.0. The summed E-state index contributed by atoms with van der Waals surface area (Å²) in [5.74, 6) is -0.864. The third-order valence-corrected chi connectivity index (χ3v) is 4.26. The van der Waals surface area contributed by atoms with E-state index in [0.29, 0.717) is 6.54 Å². The fourth-order valence-corrected chi connectivity index (χ4v) is 3.27. The molecule has 18 heavy (non-hydrogen) atoms. The molecule has 1 aliphatic heterocycles. The third-order valence-electron chi connectivity index (χ3n) is 3.30. The van der Waals surface area contributed by atoms with E-state index >= 15 is 0 Å². The molecule has 0 aromatic carbocycles. The van der Waals surface area contributed by atoms with Crippen LogP contribution < -0.4 is 0 Å². The minimum absolute atomic E-state index is 0.201. The Labute approximate surface area is 112 Å². The van der Waals surface area contributed by atoms with Crippen LogP contribution in [0.3, 0.4) is 0 Å². The van der Waals surface area contributed by atoms with Gasteiger partial charge in [0.25, 0.3) is 0 Å². The van der Waals surface area contributed by atoms with Gasteiger partial charge in [0.15, 0.2) is 0 Å². The molecule has 0 unspecified atom stereocenters. The van der Waals surface area contributed by atoms with Crippen LogP contribution in [0.15, 0.2) is 5.38 Å². The average Bonchev–Trinajstić information content (AvgIpc) is 2.77. The van der Waals surface area contributed by atoms with Crippen molar-refractivity contribution in [3.8, 4) is 0 Å². The molecule has 1 aliphatic rings. The summed E-state index contributed by atoms with van der Waals surface area (Å²) in [5, 5.41) is 12.4. The highest BCUT2D eigenvalue weighted by molar-refractivity contribution is 7.09. The van der Waals surface area contributed by atoms with Crippen molar-refractivity contribution in [3.63, 3.8) is 0 Å². The quantitative estimate of drug-likeness (QED) is 0.891. The van der Waals surface area contributed by atoms with Crippen LogP contribution in [-0.4, -0.2) is 34.0 Å². The molecule has 1 N–H and O–H groups in total. The predicted molar refractivity (Wildman–Crippen MR) is 71.7 cm³/mol. The molecular formula is C13H20N2O2S. The Hall–Kier alpha value is -0.940. The van der Waals surface area contributed by atoms with Crippen molar-refractivity contribution in [1.82, 2.24) is 9.88 Å². The molecular weight excluding hydrogens is 248 g/mol. The SMILES string of the molecule is CCCc1nc(CN2CCC[C@H](C(=O)O)C2)cs1. The molecule has 4 nitrogen and oxygen atoms in total. The molecule has 1 aromatic rings. The predicted octanol–water partition coefficient (Wildman–Crippen LogP) is 2.39. The number of hydrogen-bond donors (Lipinski definition) is 1. The summed E-state index contributed by atoms with van der Waals surface area (Å²) in [5.41, 5.74) is 1.09. The molecule has 1 fully saturated rings. The number of carboxylic acid groups (broad SMARTS) is 1. The lowest BCUT2D eigenvalue weighted by atomic mass is 9.98. The van der Waals surface area contributed by atoms with Crippen LogP contribution in [0.25, 0.3) is 0 Å². The first-order chi connectivity index (χ1) is 8.69. The lowest BCUT2D eigenvalue weighted by Crippen LogP contribution is -2.38. The largest absolute Gasteiger partial charge is 0.481 e. The summed E-state index contributed by atoms with van der Waals surface area (Å²) in [6.45, 7) is 4.60. The van der Waals surface area contributed by atoms with Crippen molar-refractivity contribution in [2.24, 2.45) is 5.92 Å². The number of thiazole rings is 1. The van der Waals surface area contributed by atoms with Crippen LogP contribution >= 0.6 is 11.3 Å². The molecule has 0 bridgehead atoms. The summed E-state index contributed by atoms with van der Waals surface area (Å²) in [6, 6.07) is 0. The molecule has 1 saturated heterocycles. The number of rotatable bonds is 5. The second-order valence-electron chi connectivity index (χ2n) is 4.90. The minimum atomic E-state index is -0.662. The molecule has 0 radical (unpaired) electrons. The number of carbonyl (C=O) groups is 1. The van der Waals surface area contributed by atoms with Crippen molar-refractivity contribution in [2.45, 2.75) is 39.2 Å². The summed E-state index contributed by atoms with van der Waals surface area (Å²) in [7, 11) is 0. The number of carboxylic acids is 1. The average molecular weight is 268 g/mol. The third kappa shape index (κ3) is 3.53. The van der Waals surface area contributed by atoms with E-state index in [1.807, 2.05) is 0 Å². The van der Waals surface area contributed by atoms with Crippen molar-refractivity contribution in [2.75, 3.05) is 13.1 Å². The van der Waals surface area contributed by atoms with Crippen molar-refractivity contribution >= 4 is 17.3 Å². The molecule has 100 valence electrons. The zero-order chi connectivity index (χ0) is 13.0. The van der Waals surface area contributed by atoms with Crippen LogP contribution in [0, 0.1) is 5.92 Å². The summed E-state index contributed by atoms with van der Waals surface area (Å²) < 4.78 is 0. The smallest absolute Gasteiger partial charge is 0.307 e. The number of nitrogens with zero attached hydrogens (tertiary/aromatic N) is 2. The normalized spacial score (nSPS) is 21.1. The van der Waals surface area contributed by atoms with E-state index in [-0.39, 0.29) is 5.92 Å². The molecule has 2 heterocycles. The molecule has 0 amide bonds. The Bertz CT molecular complexity index is 405. The second kappa shape index (κ2) is 6.29. The van der Waals surface area contributed by atoms with E-state index in [9.17, 15) is 4.79 Å². The van der Waals surface area contributed by atoms with Crippen molar-refractivity contribution < 1.29 is 9.90 Å². The lowest BCUT2D eigenvalue weighted by Gasteiger charge is -2.29. The van der Waals surface area contributed by atoms with Gasteiger partial charge in [-0.2, -0.15) is 0 Å². The molecule has 0 spiro atoms. The van der Waals surface area contributed by atoms with Gasteiger partial charge >= 0.3 is 5.97 Å². The zero-order valence-corrected chi connectivity index (χ0v) is 11.6. The van der Waals surface area contributed by atoms with Gasteiger partial charge in [-0.1, -0.05) is 6.92 Å². The van der Waals surface area contributed by atoms with Crippen LogP contribution in [-0.2, 0) is 17.8 Å².